The van der Waals surface area contributed by atoms with Crippen molar-refractivity contribution in [2.45, 2.75) is 0 Å². The summed E-state index contributed by atoms with van der Waals surface area (Å²) in [7, 11) is 0. The summed E-state index contributed by atoms with van der Waals surface area (Å²) in [4.78, 5) is 0. The number of hydrogen-bond acceptors (Lipinski definition) is 2. The van der Waals surface area contributed by atoms with Crippen molar-refractivity contribution in [2.75, 3.05) is 0 Å². The van der Waals surface area contributed by atoms with Gasteiger partial charge in [-0.1, -0.05) is 146 Å². The van der Waals surface area contributed by atoms with Gasteiger partial charge in [0.2, 0.25) is 0 Å². The lowest BCUT2D eigenvalue weighted by atomic mass is 9.79. The van der Waals surface area contributed by atoms with Crippen LogP contribution in [0.25, 0.3) is 111 Å². The van der Waals surface area contributed by atoms with E-state index in [2.05, 4.69) is 146 Å². The number of para-hydroxylation sites is 4. The summed E-state index contributed by atoms with van der Waals surface area (Å²) < 4.78 is 13.0. The Labute approximate surface area is 288 Å². The largest absolute Gasteiger partial charge is 0.455 e. The average Bonchev–Trinajstić information content (AvgIpc) is 3.76. The van der Waals surface area contributed by atoms with Crippen LogP contribution >= 0.6 is 0 Å². The van der Waals surface area contributed by atoms with Gasteiger partial charge in [-0.15, -0.1) is 0 Å². The van der Waals surface area contributed by atoms with Gasteiger partial charge in [-0.05, 0) is 79.9 Å². The molecule has 0 aliphatic heterocycles. The standard InChI is InChI=1S/C48H28O2/c1-2-13-35-33(11-1)34-12-3-4-14-36(34)43-27-30(32-18-10-20-42-40-16-6-8-22-46(40)50-48(32)42)24-26-38(43)44-28-29(23-25-37(35)44)31-17-9-19-41-39-15-5-7-21-45(39)49-47(31)41/h1-28H. The summed E-state index contributed by atoms with van der Waals surface area (Å²) in [6.07, 6.45) is 0. The van der Waals surface area contributed by atoms with Crippen molar-refractivity contribution < 1.29 is 8.83 Å². The highest BCUT2D eigenvalue weighted by Crippen LogP contribution is 2.50. The molecular formula is C48H28O2. The van der Waals surface area contributed by atoms with E-state index in [1.54, 1.807) is 0 Å². The van der Waals surface area contributed by atoms with Crippen molar-refractivity contribution in [2.24, 2.45) is 0 Å². The molecule has 0 bridgehead atoms. The van der Waals surface area contributed by atoms with Gasteiger partial charge in [0, 0.05) is 32.7 Å². The van der Waals surface area contributed by atoms with Crippen LogP contribution in [0, 0.1) is 0 Å². The lowest BCUT2D eigenvalue weighted by Crippen LogP contribution is -1.98. The third kappa shape index (κ3) is 3.90. The molecule has 0 radical (unpaired) electrons. The first-order valence-corrected chi connectivity index (χ1v) is 17.1. The Morgan fingerprint density at radius 3 is 1.06 bits per heavy atom. The first-order chi connectivity index (χ1) is 24.8. The molecule has 11 rings (SSSR count). The molecule has 8 aromatic carbocycles. The minimum Gasteiger partial charge on any atom is -0.455 e. The van der Waals surface area contributed by atoms with Crippen LogP contribution in [0.1, 0.15) is 0 Å². The van der Waals surface area contributed by atoms with Crippen molar-refractivity contribution >= 4 is 43.9 Å². The highest BCUT2D eigenvalue weighted by Gasteiger charge is 2.24. The van der Waals surface area contributed by atoms with E-state index in [9.17, 15) is 0 Å². The predicted molar refractivity (Wildman–Crippen MR) is 207 cm³/mol. The topological polar surface area (TPSA) is 26.3 Å². The predicted octanol–water partition coefficient (Wildman–Crippen LogP) is 13.8. The number of furan rings is 2. The highest BCUT2D eigenvalue weighted by atomic mass is 16.3. The van der Waals surface area contributed by atoms with Crippen LogP contribution in [0.3, 0.4) is 0 Å². The van der Waals surface area contributed by atoms with Crippen molar-refractivity contribution in [1.82, 2.24) is 0 Å². The van der Waals surface area contributed by atoms with Crippen LogP contribution in [0.2, 0.25) is 0 Å². The molecule has 0 spiro atoms. The lowest BCUT2D eigenvalue weighted by molar-refractivity contribution is 0.669. The van der Waals surface area contributed by atoms with E-state index in [0.29, 0.717) is 0 Å². The van der Waals surface area contributed by atoms with Crippen LogP contribution in [0.15, 0.2) is 179 Å². The third-order valence-electron chi connectivity index (χ3n) is 10.5. The minimum atomic E-state index is 0.907. The van der Waals surface area contributed by atoms with Crippen LogP contribution in [0.4, 0.5) is 0 Å². The fourth-order valence-electron chi connectivity index (χ4n) is 8.19. The SMILES string of the molecule is c1ccc2c(c1)-c1ccccc1-c1cc(-c3cccc4c3oc3ccccc34)ccc1-c1cc(-c3cccc4c3oc3ccccc34)ccc1-2. The molecule has 1 aliphatic rings. The molecule has 0 atom stereocenters. The van der Waals surface area contributed by atoms with Gasteiger partial charge in [-0.25, -0.2) is 0 Å². The van der Waals surface area contributed by atoms with E-state index in [0.717, 1.165) is 66.1 Å². The van der Waals surface area contributed by atoms with Gasteiger partial charge in [-0.2, -0.15) is 0 Å². The molecular weight excluding hydrogens is 609 g/mol. The first kappa shape index (κ1) is 27.3. The Kier molecular flexibility index (Phi) is 5.70. The number of hydrogen-bond donors (Lipinski definition) is 0. The van der Waals surface area contributed by atoms with Crippen molar-refractivity contribution in [1.29, 1.82) is 0 Å². The van der Waals surface area contributed by atoms with Gasteiger partial charge in [0.05, 0.1) is 0 Å². The molecule has 0 fully saturated rings. The van der Waals surface area contributed by atoms with Gasteiger partial charge in [0.15, 0.2) is 0 Å². The molecule has 0 saturated carbocycles. The zero-order valence-electron chi connectivity index (χ0n) is 27.0. The third-order valence-corrected chi connectivity index (χ3v) is 10.5. The normalized spacial score (nSPS) is 12.0. The maximum atomic E-state index is 6.51. The quantitative estimate of drug-likeness (QED) is 0.189. The van der Waals surface area contributed by atoms with Crippen molar-refractivity contribution in [3.05, 3.63) is 170 Å². The van der Waals surface area contributed by atoms with Gasteiger partial charge in [0.1, 0.15) is 22.3 Å². The van der Waals surface area contributed by atoms with Crippen LogP contribution in [-0.2, 0) is 0 Å². The van der Waals surface area contributed by atoms with Crippen LogP contribution < -0.4 is 0 Å². The summed E-state index contributed by atoms with van der Waals surface area (Å²) >= 11 is 0. The van der Waals surface area contributed by atoms with Gasteiger partial charge < -0.3 is 8.83 Å². The van der Waals surface area contributed by atoms with Gasteiger partial charge in [-0.3, -0.25) is 0 Å². The maximum absolute atomic E-state index is 6.51. The summed E-state index contributed by atoms with van der Waals surface area (Å²) in [5, 5.41) is 4.54. The van der Waals surface area contributed by atoms with E-state index < -0.39 is 0 Å². The van der Waals surface area contributed by atoms with Crippen molar-refractivity contribution in [3.63, 3.8) is 0 Å². The Hall–Kier alpha value is -6.64. The van der Waals surface area contributed by atoms with E-state index in [4.69, 9.17) is 8.83 Å². The number of benzene rings is 8. The molecule has 0 amide bonds. The van der Waals surface area contributed by atoms with Crippen LogP contribution in [0.5, 0.6) is 0 Å². The second-order valence-corrected chi connectivity index (χ2v) is 13.2. The zero-order valence-corrected chi connectivity index (χ0v) is 27.0. The second kappa shape index (κ2) is 10.4. The number of fused-ring (bicyclic) bond motifs is 14. The Morgan fingerprint density at radius 2 is 0.580 bits per heavy atom. The molecule has 232 valence electrons. The Bertz CT molecular complexity index is 2850. The molecule has 2 nitrogen and oxygen atoms in total. The Morgan fingerprint density at radius 1 is 0.240 bits per heavy atom. The zero-order chi connectivity index (χ0) is 32.8. The van der Waals surface area contributed by atoms with E-state index in [1.165, 1.54) is 44.5 Å². The lowest BCUT2D eigenvalue weighted by Gasteiger charge is -2.24. The molecule has 0 N–H and O–H groups in total. The number of rotatable bonds is 2. The van der Waals surface area contributed by atoms with E-state index in [1.807, 2.05) is 24.3 Å². The molecule has 50 heavy (non-hydrogen) atoms. The van der Waals surface area contributed by atoms with E-state index in [-0.39, 0.29) is 0 Å². The first-order valence-electron chi connectivity index (χ1n) is 17.1. The monoisotopic (exact) mass is 636 g/mol. The summed E-state index contributed by atoms with van der Waals surface area (Å²) in [5.41, 5.74) is 17.8. The summed E-state index contributed by atoms with van der Waals surface area (Å²) in [6.45, 7) is 0. The highest BCUT2D eigenvalue weighted by molar-refractivity contribution is 6.12. The fraction of sp³-hybridized carbons (Fsp3) is 0. The smallest absolute Gasteiger partial charge is 0.143 e. The summed E-state index contributed by atoms with van der Waals surface area (Å²) in [6, 6.07) is 61.0. The van der Waals surface area contributed by atoms with Crippen molar-refractivity contribution in [3.8, 4) is 66.8 Å². The molecule has 1 aliphatic carbocycles. The maximum Gasteiger partial charge on any atom is 0.143 e. The fourth-order valence-corrected chi connectivity index (χ4v) is 8.19. The van der Waals surface area contributed by atoms with E-state index >= 15 is 0 Å². The summed E-state index contributed by atoms with van der Waals surface area (Å²) in [5.74, 6) is 0. The molecule has 10 aromatic rings. The molecule has 0 unspecified atom stereocenters. The van der Waals surface area contributed by atoms with Crippen LogP contribution in [-0.4, -0.2) is 0 Å². The average molecular weight is 637 g/mol. The molecule has 0 saturated heterocycles. The Balaban J connectivity index is 1.19. The molecule has 2 aromatic heterocycles. The molecule has 2 heteroatoms. The molecule has 2 heterocycles. The minimum absolute atomic E-state index is 0.907. The van der Waals surface area contributed by atoms with Gasteiger partial charge in [0.25, 0.3) is 0 Å². The van der Waals surface area contributed by atoms with Gasteiger partial charge >= 0.3 is 0 Å². The second-order valence-electron chi connectivity index (χ2n) is 13.2.